The van der Waals surface area contributed by atoms with E-state index in [4.69, 9.17) is 14.5 Å². The number of piperidine rings is 2. The third kappa shape index (κ3) is 6.21. The van der Waals surface area contributed by atoms with Gasteiger partial charge in [0, 0.05) is 25.8 Å². The molecule has 5 rings (SSSR count). The number of rotatable bonds is 9. The van der Waals surface area contributed by atoms with Gasteiger partial charge in [0.05, 0.1) is 31.5 Å². The molecule has 2 aliphatic heterocycles. The van der Waals surface area contributed by atoms with E-state index in [9.17, 15) is 9.90 Å². The molecular weight excluding hydrogens is 486 g/mol. The first-order chi connectivity index (χ1) is 18.6. The van der Waals surface area contributed by atoms with E-state index >= 15 is 0 Å². The van der Waals surface area contributed by atoms with Crippen molar-refractivity contribution in [2.24, 2.45) is 5.92 Å². The molecule has 0 aliphatic carbocycles. The Kier molecular flexibility index (Phi) is 8.01. The molecule has 200 valence electrons. The van der Waals surface area contributed by atoms with Gasteiger partial charge < -0.3 is 29.7 Å². The fraction of sp³-hybridized carbons (Fsp3) is 0.444. The Bertz CT molecular complexity index is 1240. The normalized spacial score (nSPS) is 18.2. The minimum absolute atomic E-state index is 0.00838. The summed E-state index contributed by atoms with van der Waals surface area (Å²) in [5.74, 6) is 2.99. The molecule has 2 fully saturated rings. The maximum absolute atomic E-state index is 11.3. The van der Waals surface area contributed by atoms with Gasteiger partial charge in [0.25, 0.3) is 0 Å². The maximum Gasteiger partial charge on any atom is 0.306 e. The van der Waals surface area contributed by atoms with Crippen LogP contribution in [-0.2, 0) is 4.79 Å². The number of anilines is 4. The standard InChI is InChI=1S/C27H33N7O4/c1-2-37-21-7-3-4-8-22(21)38-20-6-5-13-34(18-20)25-17-28-16-23(30-25)31-27-29-12-9-24(32-27)33-14-10-19(11-15-33)26(35)36/h3-4,7-9,12,16-17,19-20H,2,5-6,10-11,13-15,18H2,1H3,(H,35,36)(H,29,30,31,32). The maximum atomic E-state index is 11.3. The van der Waals surface area contributed by atoms with Crippen molar-refractivity contribution in [2.45, 2.75) is 38.7 Å². The van der Waals surface area contributed by atoms with E-state index in [0.717, 1.165) is 42.5 Å². The Balaban J connectivity index is 1.23. The molecule has 0 saturated carbocycles. The summed E-state index contributed by atoms with van der Waals surface area (Å²) in [5, 5.41) is 12.4. The number of benzene rings is 1. The van der Waals surface area contributed by atoms with Crippen LogP contribution in [0.2, 0.25) is 0 Å². The molecule has 2 N–H and O–H groups in total. The van der Waals surface area contributed by atoms with Crippen LogP contribution in [0.25, 0.3) is 0 Å². The van der Waals surface area contributed by atoms with Gasteiger partial charge >= 0.3 is 5.97 Å². The van der Waals surface area contributed by atoms with Gasteiger partial charge in [-0.1, -0.05) is 12.1 Å². The van der Waals surface area contributed by atoms with Gasteiger partial charge in [0.2, 0.25) is 5.95 Å². The number of carboxylic acids is 1. The Morgan fingerprint density at radius 3 is 2.63 bits per heavy atom. The number of ether oxygens (including phenoxy) is 2. The topological polar surface area (TPSA) is 126 Å². The second-order valence-electron chi connectivity index (χ2n) is 9.43. The van der Waals surface area contributed by atoms with Gasteiger partial charge in [-0.15, -0.1) is 0 Å². The highest BCUT2D eigenvalue weighted by molar-refractivity contribution is 5.70. The van der Waals surface area contributed by atoms with E-state index in [2.05, 4.69) is 30.1 Å². The second kappa shape index (κ2) is 11.9. The lowest BCUT2D eigenvalue weighted by atomic mass is 9.97. The minimum Gasteiger partial charge on any atom is -0.490 e. The summed E-state index contributed by atoms with van der Waals surface area (Å²) in [6, 6.07) is 9.60. The molecule has 2 aromatic heterocycles. The summed E-state index contributed by atoms with van der Waals surface area (Å²) in [6.45, 7) is 5.40. The highest BCUT2D eigenvalue weighted by Crippen LogP contribution is 2.30. The number of hydrogen-bond acceptors (Lipinski definition) is 10. The van der Waals surface area contributed by atoms with Crippen molar-refractivity contribution in [1.29, 1.82) is 0 Å². The molecule has 0 spiro atoms. The number of nitrogens with one attached hydrogen (secondary N) is 1. The van der Waals surface area contributed by atoms with Crippen molar-refractivity contribution < 1.29 is 19.4 Å². The summed E-state index contributed by atoms with van der Waals surface area (Å²) in [7, 11) is 0. The highest BCUT2D eigenvalue weighted by Gasteiger charge is 2.26. The molecule has 0 bridgehead atoms. The largest absolute Gasteiger partial charge is 0.490 e. The van der Waals surface area contributed by atoms with Crippen molar-refractivity contribution >= 4 is 29.4 Å². The third-order valence-electron chi connectivity index (χ3n) is 6.82. The van der Waals surface area contributed by atoms with Gasteiger partial charge in [-0.25, -0.2) is 9.97 Å². The van der Waals surface area contributed by atoms with E-state index in [-0.39, 0.29) is 12.0 Å². The minimum atomic E-state index is -0.727. The molecule has 2 aliphatic rings. The molecule has 1 atom stereocenters. The molecule has 3 aromatic rings. The number of nitrogens with zero attached hydrogens (tertiary/aromatic N) is 6. The Morgan fingerprint density at radius 2 is 1.84 bits per heavy atom. The zero-order chi connectivity index (χ0) is 26.3. The van der Waals surface area contributed by atoms with Crippen molar-refractivity contribution in [3.63, 3.8) is 0 Å². The average Bonchev–Trinajstić information content (AvgIpc) is 2.95. The smallest absolute Gasteiger partial charge is 0.306 e. The van der Waals surface area contributed by atoms with Crippen molar-refractivity contribution in [3.05, 3.63) is 48.9 Å². The fourth-order valence-corrected chi connectivity index (χ4v) is 4.87. The quantitative estimate of drug-likeness (QED) is 0.429. The van der Waals surface area contributed by atoms with Gasteiger partial charge in [-0.3, -0.25) is 9.78 Å². The zero-order valence-electron chi connectivity index (χ0n) is 21.5. The highest BCUT2D eigenvalue weighted by atomic mass is 16.5. The van der Waals surface area contributed by atoms with Crippen LogP contribution in [0.15, 0.2) is 48.9 Å². The monoisotopic (exact) mass is 519 g/mol. The van der Waals surface area contributed by atoms with Crippen LogP contribution in [0, 0.1) is 5.92 Å². The first kappa shape index (κ1) is 25.5. The van der Waals surface area contributed by atoms with E-state index in [1.165, 1.54) is 0 Å². The van der Waals surface area contributed by atoms with Gasteiger partial charge in [-0.2, -0.15) is 4.98 Å². The summed E-state index contributed by atoms with van der Waals surface area (Å²) < 4.78 is 12.0. The van der Waals surface area contributed by atoms with Crippen LogP contribution in [-0.4, -0.2) is 69.9 Å². The average molecular weight is 520 g/mol. The summed E-state index contributed by atoms with van der Waals surface area (Å²) in [4.78, 5) is 33.6. The summed E-state index contributed by atoms with van der Waals surface area (Å²) in [6.07, 6.45) is 8.24. The molecule has 1 aromatic carbocycles. The Hall–Kier alpha value is -4.15. The van der Waals surface area contributed by atoms with Crippen LogP contribution in [0.4, 0.5) is 23.4 Å². The first-order valence-corrected chi connectivity index (χ1v) is 13.1. The summed E-state index contributed by atoms with van der Waals surface area (Å²) in [5.41, 5.74) is 0. The first-order valence-electron chi connectivity index (χ1n) is 13.1. The number of carboxylic acid groups (broad SMARTS) is 1. The van der Waals surface area contributed by atoms with E-state index in [1.807, 2.05) is 37.3 Å². The molecule has 11 heteroatoms. The van der Waals surface area contributed by atoms with Gasteiger partial charge in [0.15, 0.2) is 17.3 Å². The van der Waals surface area contributed by atoms with E-state index in [1.54, 1.807) is 18.6 Å². The molecule has 4 heterocycles. The van der Waals surface area contributed by atoms with Crippen molar-refractivity contribution in [2.75, 3.05) is 47.9 Å². The third-order valence-corrected chi connectivity index (χ3v) is 6.82. The zero-order valence-corrected chi connectivity index (χ0v) is 21.5. The number of para-hydroxylation sites is 2. The Labute approximate surface area is 221 Å². The second-order valence-corrected chi connectivity index (χ2v) is 9.43. The lowest BCUT2D eigenvalue weighted by Crippen LogP contribution is -2.41. The SMILES string of the molecule is CCOc1ccccc1OC1CCCN(c2cncc(Nc3nccc(N4CCC(C(=O)O)CC4)n3)n2)C1. The van der Waals surface area contributed by atoms with E-state index < -0.39 is 5.97 Å². The van der Waals surface area contributed by atoms with Crippen LogP contribution < -0.4 is 24.6 Å². The number of aliphatic carboxylic acids is 1. The lowest BCUT2D eigenvalue weighted by molar-refractivity contribution is -0.142. The van der Waals surface area contributed by atoms with Crippen molar-refractivity contribution in [3.8, 4) is 11.5 Å². The van der Waals surface area contributed by atoms with Crippen molar-refractivity contribution in [1.82, 2.24) is 19.9 Å². The molecule has 0 amide bonds. The molecule has 1 unspecified atom stereocenters. The Morgan fingerprint density at radius 1 is 1.03 bits per heavy atom. The predicted molar refractivity (Wildman–Crippen MR) is 143 cm³/mol. The van der Waals surface area contributed by atoms with Gasteiger partial charge in [-0.05, 0) is 50.8 Å². The summed E-state index contributed by atoms with van der Waals surface area (Å²) >= 11 is 0. The number of hydrogen-bond donors (Lipinski definition) is 2. The molecular formula is C27H33N7O4. The van der Waals surface area contributed by atoms with Crippen LogP contribution in [0.3, 0.4) is 0 Å². The fourth-order valence-electron chi connectivity index (χ4n) is 4.87. The molecule has 0 radical (unpaired) electrons. The number of aromatic nitrogens is 4. The van der Waals surface area contributed by atoms with Crippen LogP contribution >= 0.6 is 0 Å². The predicted octanol–water partition coefficient (Wildman–Crippen LogP) is 3.76. The molecule has 11 nitrogen and oxygen atoms in total. The number of carbonyl (C=O) groups is 1. The van der Waals surface area contributed by atoms with Gasteiger partial charge in [0.1, 0.15) is 17.7 Å². The van der Waals surface area contributed by atoms with E-state index in [0.29, 0.717) is 50.8 Å². The lowest BCUT2D eigenvalue weighted by Gasteiger charge is -2.33. The molecule has 2 saturated heterocycles. The van der Waals surface area contributed by atoms with Crippen LogP contribution in [0.1, 0.15) is 32.6 Å². The molecule has 38 heavy (non-hydrogen) atoms. The van der Waals surface area contributed by atoms with Crippen LogP contribution in [0.5, 0.6) is 11.5 Å².